The van der Waals surface area contributed by atoms with Crippen LogP contribution in [-0.2, 0) is 4.79 Å². The summed E-state index contributed by atoms with van der Waals surface area (Å²) in [6.45, 7) is 8.20. The Kier molecular flexibility index (Phi) is 4.40. The molecule has 0 bridgehead atoms. The van der Waals surface area contributed by atoms with E-state index in [-0.39, 0.29) is 5.91 Å². The van der Waals surface area contributed by atoms with E-state index in [0.29, 0.717) is 26.1 Å². The van der Waals surface area contributed by atoms with Gasteiger partial charge in [-0.2, -0.15) is 0 Å². The van der Waals surface area contributed by atoms with Crippen molar-refractivity contribution < 1.29 is 9.90 Å². The number of pyridine rings is 1. The van der Waals surface area contributed by atoms with Crippen LogP contribution in [0.3, 0.4) is 0 Å². The van der Waals surface area contributed by atoms with Crippen LogP contribution in [0.25, 0.3) is 0 Å². The molecule has 0 aliphatic carbocycles. The smallest absolute Gasteiger partial charge is 0.228 e. The van der Waals surface area contributed by atoms with Gasteiger partial charge in [-0.3, -0.25) is 14.7 Å². The second-order valence-corrected chi connectivity index (χ2v) is 6.04. The number of hydrogen-bond acceptors (Lipinski definition) is 4. The third kappa shape index (κ3) is 4.02. The summed E-state index contributed by atoms with van der Waals surface area (Å²) in [7, 11) is 0. The normalized spacial score (nSPS) is 18.2. The summed E-state index contributed by atoms with van der Waals surface area (Å²) in [5.41, 5.74) is 1.06. The average molecular weight is 277 g/mol. The maximum atomic E-state index is 12.2. The fraction of sp³-hybridized carbons (Fsp3) is 0.600. The highest BCUT2D eigenvalue weighted by Gasteiger charge is 2.25. The highest BCUT2D eigenvalue weighted by atomic mass is 16.3. The molecule has 2 rings (SSSR count). The Balaban J connectivity index is 2.06. The first kappa shape index (κ1) is 14.9. The molecule has 0 atom stereocenters. The molecule has 1 fully saturated rings. The van der Waals surface area contributed by atoms with Crippen LogP contribution < -0.4 is 4.90 Å². The van der Waals surface area contributed by atoms with E-state index in [1.54, 1.807) is 24.9 Å². The molecule has 1 N–H and O–H groups in total. The van der Waals surface area contributed by atoms with Crippen molar-refractivity contribution >= 4 is 11.6 Å². The second-order valence-electron chi connectivity index (χ2n) is 6.04. The van der Waals surface area contributed by atoms with E-state index in [4.69, 9.17) is 0 Å². The van der Waals surface area contributed by atoms with Crippen LogP contribution in [0.5, 0.6) is 0 Å². The molecule has 1 aromatic rings. The fourth-order valence-corrected chi connectivity index (χ4v) is 2.46. The molecule has 2 heterocycles. The molecule has 110 valence electrons. The number of hydrogen-bond donors (Lipinski definition) is 1. The number of aryl methyl sites for hydroxylation is 1. The van der Waals surface area contributed by atoms with Gasteiger partial charge in [-0.15, -0.1) is 0 Å². The lowest BCUT2D eigenvalue weighted by Gasteiger charge is -2.27. The minimum atomic E-state index is -0.733. The molecule has 20 heavy (non-hydrogen) atoms. The predicted molar refractivity (Wildman–Crippen MR) is 78.7 cm³/mol. The summed E-state index contributed by atoms with van der Waals surface area (Å²) >= 11 is 0. The van der Waals surface area contributed by atoms with Gasteiger partial charge in [-0.1, -0.05) is 0 Å². The summed E-state index contributed by atoms with van der Waals surface area (Å²) < 4.78 is 0. The number of nitrogens with zero attached hydrogens (tertiary/aromatic N) is 3. The third-order valence-electron chi connectivity index (χ3n) is 3.40. The highest BCUT2D eigenvalue weighted by Crippen LogP contribution is 2.17. The molecule has 0 aromatic carbocycles. The Bertz CT molecular complexity index is 465. The zero-order valence-electron chi connectivity index (χ0n) is 12.5. The molecule has 1 saturated heterocycles. The Morgan fingerprint density at radius 1 is 1.30 bits per heavy atom. The van der Waals surface area contributed by atoms with Crippen molar-refractivity contribution in [2.75, 3.05) is 31.1 Å². The van der Waals surface area contributed by atoms with Gasteiger partial charge in [0.25, 0.3) is 0 Å². The van der Waals surface area contributed by atoms with E-state index in [2.05, 4.69) is 9.88 Å². The van der Waals surface area contributed by atoms with Gasteiger partial charge < -0.3 is 10.0 Å². The zero-order valence-corrected chi connectivity index (χ0v) is 12.5. The summed E-state index contributed by atoms with van der Waals surface area (Å²) in [5.74, 6) is 0.119. The van der Waals surface area contributed by atoms with Gasteiger partial charge in [0, 0.05) is 38.3 Å². The first-order chi connectivity index (χ1) is 9.35. The summed E-state index contributed by atoms with van der Waals surface area (Å²) in [4.78, 5) is 20.4. The lowest BCUT2D eigenvalue weighted by atomic mass is 10.1. The maximum Gasteiger partial charge on any atom is 0.228 e. The monoisotopic (exact) mass is 277 g/mol. The van der Waals surface area contributed by atoms with Crippen molar-refractivity contribution in [1.82, 2.24) is 9.88 Å². The Morgan fingerprint density at radius 3 is 2.65 bits per heavy atom. The number of aromatic nitrogens is 1. The Morgan fingerprint density at radius 2 is 2.05 bits per heavy atom. The Hall–Kier alpha value is -1.46. The van der Waals surface area contributed by atoms with Gasteiger partial charge in [0.2, 0.25) is 5.91 Å². The molecule has 1 amide bonds. The number of aliphatic hydroxyl groups is 1. The van der Waals surface area contributed by atoms with Crippen molar-refractivity contribution in [1.29, 1.82) is 0 Å². The van der Waals surface area contributed by atoms with Gasteiger partial charge in [-0.25, -0.2) is 0 Å². The van der Waals surface area contributed by atoms with Gasteiger partial charge in [0.15, 0.2) is 0 Å². The number of anilines is 1. The van der Waals surface area contributed by atoms with Crippen LogP contribution in [0.4, 0.5) is 5.69 Å². The van der Waals surface area contributed by atoms with Gasteiger partial charge >= 0.3 is 0 Å². The molecular weight excluding hydrogens is 254 g/mol. The number of rotatable bonds is 3. The summed E-state index contributed by atoms with van der Waals surface area (Å²) in [5, 5.41) is 9.89. The molecule has 1 aromatic heterocycles. The summed E-state index contributed by atoms with van der Waals surface area (Å²) in [6.07, 6.45) is 2.23. The number of carbonyl (C=O) groups is 1. The van der Waals surface area contributed by atoms with Crippen LogP contribution in [0.1, 0.15) is 26.0 Å². The molecule has 0 spiro atoms. The minimum Gasteiger partial charge on any atom is -0.389 e. The van der Waals surface area contributed by atoms with Gasteiger partial charge in [0.05, 0.1) is 17.5 Å². The summed E-state index contributed by atoms with van der Waals surface area (Å²) in [6, 6.07) is 3.86. The third-order valence-corrected chi connectivity index (χ3v) is 3.40. The lowest BCUT2D eigenvalue weighted by Crippen LogP contribution is -2.40. The average Bonchev–Trinajstić information content (AvgIpc) is 2.52. The number of carbonyl (C=O) groups excluding carboxylic acids is 1. The molecule has 0 unspecified atom stereocenters. The van der Waals surface area contributed by atoms with Crippen LogP contribution in [0, 0.1) is 6.92 Å². The van der Waals surface area contributed by atoms with Crippen LogP contribution in [-0.4, -0.2) is 52.7 Å². The van der Waals surface area contributed by atoms with Crippen molar-refractivity contribution in [3.8, 4) is 0 Å². The SMILES string of the molecule is Cc1ccc(N2CCN(CC(C)(C)O)CCC2=O)cn1. The fourth-order valence-electron chi connectivity index (χ4n) is 2.46. The standard InChI is InChI=1S/C15H23N3O2/c1-12-4-5-13(10-16-12)18-9-8-17(7-6-14(18)19)11-15(2,3)20/h4-5,10,20H,6-9,11H2,1-3H3. The van der Waals surface area contributed by atoms with Crippen molar-refractivity contribution in [2.24, 2.45) is 0 Å². The van der Waals surface area contributed by atoms with E-state index in [9.17, 15) is 9.90 Å². The quantitative estimate of drug-likeness (QED) is 0.902. The predicted octanol–water partition coefficient (Wildman–Crippen LogP) is 1.20. The molecule has 1 aliphatic rings. The van der Waals surface area contributed by atoms with Gasteiger partial charge in [0.1, 0.15) is 0 Å². The number of amides is 1. The lowest BCUT2D eigenvalue weighted by molar-refractivity contribution is -0.118. The van der Waals surface area contributed by atoms with E-state index in [1.807, 2.05) is 19.1 Å². The largest absolute Gasteiger partial charge is 0.389 e. The van der Waals surface area contributed by atoms with E-state index in [0.717, 1.165) is 17.9 Å². The molecule has 1 aliphatic heterocycles. The Labute approximate surface area is 120 Å². The van der Waals surface area contributed by atoms with Crippen molar-refractivity contribution in [3.63, 3.8) is 0 Å². The highest BCUT2D eigenvalue weighted by molar-refractivity contribution is 5.93. The first-order valence-corrected chi connectivity index (χ1v) is 7.03. The van der Waals surface area contributed by atoms with Crippen molar-refractivity contribution in [3.05, 3.63) is 24.0 Å². The minimum absolute atomic E-state index is 0.119. The van der Waals surface area contributed by atoms with Crippen LogP contribution in [0.15, 0.2) is 18.3 Å². The van der Waals surface area contributed by atoms with E-state index < -0.39 is 5.60 Å². The van der Waals surface area contributed by atoms with E-state index in [1.165, 1.54) is 0 Å². The van der Waals surface area contributed by atoms with Crippen LogP contribution in [0.2, 0.25) is 0 Å². The number of β-amino-alcohol motifs (C(OH)–C–C–N with tert-alkyl or cyclic N) is 1. The van der Waals surface area contributed by atoms with E-state index >= 15 is 0 Å². The zero-order chi connectivity index (χ0) is 14.8. The van der Waals surface area contributed by atoms with Crippen LogP contribution >= 0.6 is 0 Å². The molecular formula is C15H23N3O2. The molecule has 5 nitrogen and oxygen atoms in total. The first-order valence-electron chi connectivity index (χ1n) is 7.03. The molecule has 5 heteroatoms. The van der Waals surface area contributed by atoms with Crippen molar-refractivity contribution in [2.45, 2.75) is 32.8 Å². The molecule has 0 radical (unpaired) electrons. The maximum absolute atomic E-state index is 12.2. The topological polar surface area (TPSA) is 56.7 Å². The molecule has 0 saturated carbocycles. The van der Waals surface area contributed by atoms with Gasteiger partial charge in [-0.05, 0) is 32.9 Å². The second kappa shape index (κ2) is 5.89.